The van der Waals surface area contributed by atoms with Crippen LogP contribution in [0.15, 0.2) is 0 Å². The van der Waals surface area contributed by atoms with Crippen molar-refractivity contribution in [3.05, 3.63) is 0 Å². The van der Waals surface area contributed by atoms with Gasteiger partial charge in [0, 0.05) is 26.6 Å². The number of hydrogen-bond acceptors (Lipinski definition) is 3. The highest BCUT2D eigenvalue weighted by molar-refractivity contribution is 5.85. The molecule has 2 N–H and O–H groups in total. The fraction of sp³-hybridized carbons (Fsp3) is 0.818. The van der Waals surface area contributed by atoms with Gasteiger partial charge in [0.05, 0.1) is 11.5 Å². The van der Waals surface area contributed by atoms with Crippen LogP contribution in [0, 0.1) is 5.41 Å². The minimum absolute atomic E-state index is 0.0116. The predicted molar refractivity (Wildman–Crippen MR) is 59.8 cm³/mol. The molecular formula is C11H19N3O2. The third-order valence-corrected chi connectivity index (χ3v) is 3.59. The van der Waals surface area contributed by atoms with Crippen LogP contribution >= 0.6 is 0 Å². The SMILES string of the molecule is CN1CC(NC(=O)C2(C)CCNC2)CC1=O. The first-order valence-electron chi connectivity index (χ1n) is 5.77. The van der Waals surface area contributed by atoms with Crippen molar-refractivity contribution >= 4 is 11.8 Å². The van der Waals surface area contributed by atoms with Crippen molar-refractivity contribution in [2.45, 2.75) is 25.8 Å². The number of nitrogens with one attached hydrogen (secondary N) is 2. The maximum absolute atomic E-state index is 12.1. The van der Waals surface area contributed by atoms with Gasteiger partial charge in [0.25, 0.3) is 0 Å². The zero-order valence-corrected chi connectivity index (χ0v) is 9.88. The summed E-state index contributed by atoms with van der Waals surface area (Å²) in [6.07, 6.45) is 1.31. The van der Waals surface area contributed by atoms with Gasteiger partial charge < -0.3 is 15.5 Å². The first kappa shape index (κ1) is 11.4. The molecule has 0 aromatic heterocycles. The van der Waals surface area contributed by atoms with Crippen LogP contribution in [0.25, 0.3) is 0 Å². The minimum Gasteiger partial charge on any atom is -0.351 e. The second-order valence-electron chi connectivity index (χ2n) is 5.14. The monoisotopic (exact) mass is 225 g/mol. The molecule has 90 valence electrons. The zero-order chi connectivity index (χ0) is 11.8. The standard InChI is InChI=1S/C11H19N3O2/c1-11(3-4-12-7-11)10(16)13-8-5-9(15)14(2)6-8/h8,12H,3-7H2,1-2H3,(H,13,16). The number of carbonyl (C=O) groups excluding carboxylic acids is 2. The Balaban J connectivity index is 1.90. The Bertz CT molecular complexity index is 310. The number of likely N-dealkylation sites (N-methyl/N-ethyl adjacent to an activating group) is 1. The lowest BCUT2D eigenvalue weighted by Crippen LogP contribution is -2.46. The molecule has 2 aliphatic rings. The van der Waals surface area contributed by atoms with E-state index in [1.165, 1.54) is 0 Å². The molecule has 2 amide bonds. The maximum Gasteiger partial charge on any atom is 0.227 e. The van der Waals surface area contributed by atoms with Gasteiger partial charge in [0.15, 0.2) is 0 Å². The molecule has 5 nitrogen and oxygen atoms in total. The van der Waals surface area contributed by atoms with Crippen molar-refractivity contribution in [2.75, 3.05) is 26.7 Å². The quantitative estimate of drug-likeness (QED) is 0.655. The summed E-state index contributed by atoms with van der Waals surface area (Å²) in [4.78, 5) is 25.1. The van der Waals surface area contributed by atoms with E-state index < -0.39 is 0 Å². The summed E-state index contributed by atoms with van der Waals surface area (Å²) < 4.78 is 0. The molecule has 5 heteroatoms. The molecule has 0 aromatic rings. The number of likely N-dealkylation sites (tertiary alicyclic amines) is 1. The summed E-state index contributed by atoms with van der Waals surface area (Å²) in [5.74, 6) is 0.186. The van der Waals surface area contributed by atoms with E-state index in [-0.39, 0.29) is 23.3 Å². The van der Waals surface area contributed by atoms with Gasteiger partial charge in [-0.2, -0.15) is 0 Å². The van der Waals surface area contributed by atoms with Crippen LogP contribution in [0.5, 0.6) is 0 Å². The number of hydrogen-bond donors (Lipinski definition) is 2. The van der Waals surface area contributed by atoms with E-state index in [2.05, 4.69) is 10.6 Å². The molecule has 2 heterocycles. The Morgan fingerprint density at radius 3 is 2.88 bits per heavy atom. The summed E-state index contributed by atoms with van der Waals surface area (Å²) in [7, 11) is 1.77. The van der Waals surface area contributed by atoms with E-state index in [0.29, 0.717) is 13.0 Å². The van der Waals surface area contributed by atoms with Gasteiger partial charge in [-0.15, -0.1) is 0 Å². The normalized spacial score (nSPS) is 34.5. The Kier molecular flexibility index (Phi) is 2.88. The first-order chi connectivity index (χ1) is 7.51. The lowest BCUT2D eigenvalue weighted by molar-refractivity contribution is -0.129. The minimum atomic E-state index is -0.301. The zero-order valence-electron chi connectivity index (χ0n) is 9.88. The van der Waals surface area contributed by atoms with E-state index in [1.807, 2.05) is 6.92 Å². The smallest absolute Gasteiger partial charge is 0.227 e. The van der Waals surface area contributed by atoms with Crippen LogP contribution < -0.4 is 10.6 Å². The van der Waals surface area contributed by atoms with Crippen LogP contribution in [0.4, 0.5) is 0 Å². The largest absolute Gasteiger partial charge is 0.351 e. The fourth-order valence-corrected chi connectivity index (χ4v) is 2.33. The second-order valence-corrected chi connectivity index (χ2v) is 5.14. The molecule has 2 aliphatic heterocycles. The summed E-state index contributed by atoms with van der Waals surface area (Å²) >= 11 is 0. The molecule has 2 atom stereocenters. The molecule has 0 aliphatic carbocycles. The van der Waals surface area contributed by atoms with E-state index in [4.69, 9.17) is 0 Å². The molecule has 2 unspecified atom stereocenters. The van der Waals surface area contributed by atoms with Crippen molar-refractivity contribution in [1.82, 2.24) is 15.5 Å². The summed E-state index contributed by atoms with van der Waals surface area (Å²) in [5, 5.41) is 6.18. The Labute approximate surface area is 95.6 Å². The average molecular weight is 225 g/mol. The third-order valence-electron chi connectivity index (χ3n) is 3.59. The molecule has 16 heavy (non-hydrogen) atoms. The second kappa shape index (κ2) is 4.05. The number of carbonyl (C=O) groups is 2. The number of nitrogens with zero attached hydrogens (tertiary/aromatic N) is 1. The van der Waals surface area contributed by atoms with Crippen molar-refractivity contribution in [3.8, 4) is 0 Å². The van der Waals surface area contributed by atoms with Gasteiger partial charge in [-0.05, 0) is 19.9 Å². The first-order valence-corrected chi connectivity index (χ1v) is 5.77. The Morgan fingerprint density at radius 1 is 1.62 bits per heavy atom. The highest BCUT2D eigenvalue weighted by atomic mass is 16.2. The molecule has 0 saturated carbocycles. The lowest BCUT2D eigenvalue weighted by atomic mass is 9.88. The topological polar surface area (TPSA) is 61.4 Å². The van der Waals surface area contributed by atoms with Crippen molar-refractivity contribution < 1.29 is 9.59 Å². The molecule has 0 radical (unpaired) electrons. The molecule has 0 bridgehead atoms. The molecule has 2 rings (SSSR count). The van der Waals surface area contributed by atoms with Crippen LogP contribution in [-0.2, 0) is 9.59 Å². The Morgan fingerprint density at radius 2 is 2.38 bits per heavy atom. The summed E-state index contributed by atoms with van der Waals surface area (Å²) in [6, 6.07) is -0.0116. The van der Waals surface area contributed by atoms with Crippen molar-refractivity contribution in [3.63, 3.8) is 0 Å². The van der Waals surface area contributed by atoms with E-state index in [9.17, 15) is 9.59 Å². The molecule has 2 fully saturated rings. The predicted octanol–water partition coefficient (Wildman–Crippen LogP) is -0.667. The van der Waals surface area contributed by atoms with E-state index in [1.54, 1.807) is 11.9 Å². The van der Waals surface area contributed by atoms with Crippen molar-refractivity contribution in [1.29, 1.82) is 0 Å². The highest BCUT2D eigenvalue weighted by Gasteiger charge is 2.38. The van der Waals surface area contributed by atoms with Gasteiger partial charge in [0.1, 0.15) is 0 Å². The summed E-state index contributed by atoms with van der Waals surface area (Å²) in [6.45, 7) is 4.24. The van der Waals surface area contributed by atoms with Gasteiger partial charge in [0.2, 0.25) is 11.8 Å². The van der Waals surface area contributed by atoms with E-state index >= 15 is 0 Å². The van der Waals surface area contributed by atoms with Crippen molar-refractivity contribution in [2.24, 2.45) is 5.41 Å². The van der Waals surface area contributed by atoms with Gasteiger partial charge in [-0.1, -0.05) is 0 Å². The van der Waals surface area contributed by atoms with Crippen LogP contribution in [0.2, 0.25) is 0 Å². The Hall–Kier alpha value is -1.10. The maximum atomic E-state index is 12.1. The van der Waals surface area contributed by atoms with Crippen LogP contribution in [-0.4, -0.2) is 49.4 Å². The van der Waals surface area contributed by atoms with Gasteiger partial charge >= 0.3 is 0 Å². The summed E-state index contributed by atoms with van der Waals surface area (Å²) in [5.41, 5.74) is -0.301. The fourth-order valence-electron chi connectivity index (χ4n) is 2.33. The van der Waals surface area contributed by atoms with Gasteiger partial charge in [-0.25, -0.2) is 0 Å². The lowest BCUT2D eigenvalue weighted by Gasteiger charge is -2.23. The average Bonchev–Trinajstić information content (AvgIpc) is 2.76. The van der Waals surface area contributed by atoms with Crippen LogP contribution in [0.3, 0.4) is 0 Å². The molecule has 0 spiro atoms. The van der Waals surface area contributed by atoms with E-state index in [0.717, 1.165) is 19.5 Å². The number of amides is 2. The molecular weight excluding hydrogens is 206 g/mol. The third kappa shape index (κ3) is 2.04. The van der Waals surface area contributed by atoms with Gasteiger partial charge in [-0.3, -0.25) is 9.59 Å². The number of rotatable bonds is 2. The molecule has 2 saturated heterocycles. The highest BCUT2D eigenvalue weighted by Crippen LogP contribution is 2.25. The molecule has 0 aromatic carbocycles. The van der Waals surface area contributed by atoms with Crippen LogP contribution in [0.1, 0.15) is 19.8 Å².